The van der Waals surface area contributed by atoms with Gasteiger partial charge in [0.25, 0.3) is 0 Å². The van der Waals surface area contributed by atoms with E-state index in [4.69, 9.17) is 5.73 Å². The van der Waals surface area contributed by atoms with Crippen molar-refractivity contribution < 1.29 is 0 Å². The van der Waals surface area contributed by atoms with Gasteiger partial charge in [-0.05, 0) is 18.9 Å². The zero-order chi connectivity index (χ0) is 8.10. The van der Waals surface area contributed by atoms with Gasteiger partial charge >= 0.3 is 0 Å². The molecule has 0 saturated carbocycles. The predicted octanol–water partition coefficient (Wildman–Crippen LogP) is 0.363. The standard InChI is InChI=1S/C8H17N3/c1-7(5-9)6-11-8-3-2-4-10-8/h7H,2-6,9H2,1H3,(H,10,11). The van der Waals surface area contributed by atoms with E-state index in [0.29, 0.717) is 5.92 Å². The summed E-state index contributed by atoms with van der Waals surface area (Å²) >= 11 is 0. The lowest BCUT2D eigenvalue weighted by atomic mass is 10.2. The van der Waals surface area contributed by atoms with Gasteiger partial charge < -0.3 is 11.1 Å². The maximum absolute atomic E-state index is 5.48. The average molecular weight is 155 g/mol. The first-order valence-corrected chi connectivity index (χ1v) is 4.30. The molecule has 0 bridgehead atoms. The Bertz CT molecular complexity index is 142. The van der Waals surface area contributed by atoms with E-state index in [1.54, 1.807) is 0 Å². The molecule has 1 aliphatic heterocycles. The molecule has 1 aliphatic rings. The molecule has 1 atom stereocenters. The molecule has 0 aromatic carbocycles. The van der Waals surface area contributed by atoms with E-state index in [1.165, 1.54) is 12.3 Å². The predicted molar refractivity (Wildman–Crippen MR) is 47.8 cm³/mol. The molecule has 3 heteroatoms. The summed E-state index contributed by atoms with van der Waals surface area (Å²) in [5.41, 5.74) is 5.48. The van der Waals surface area contributed by atoms with Crippen molar-refractivity contribution in [3.05, 3.63) is 0 Å². The number of aliphatic imine (C=N–C) groups is 1. The van der Waals surface area contributed by atoms with Crippen LogP contribution < -0.4 is 11.1 Å². The van der Waals surface area contributed by atoms with Gasteiger partial charge in [0.15, 0.2) is 0 Å². The molecule has 3 nitrogen and oxygen atoms in total. The largest absolute Gasteiger partial charge is 0.374 e. The molecule has 0 fully saturated rings. The van der Waals surface area contributed by atoms with Crippen LogP contribution in [0.3, 0.4) is 0 Å². The molecule has 1 rings (SSSR count). The number of nitrogens with two attached hydrogens (primary N) is 1. The number of hydrogen-bond donors (Lipinski definition) is 2. The van der Waals surface area contributed by atoms with E-state index in [2.05, 4.69) is 17.2 Å². The van der Waals surface area contributed by atoms with Crippen LogP contribution >= 0.6 is 0 Å². The number of amidine groups is 1. The van der Waals surface area contributed by atoms with Gasteiger partial charge in [-0.15, -0.1) is 0 Å². The highest BCUT2D eigenvalue weighted by Crippen LogP contribution is 2.01. The number of hydrogen-bond acceptors (Lipinski definition) is 3. The Balaban J connectivity index is 2.11. The van der Waals surface area contributed by atoms with E-state index < -0.39 is 0 Å². The minimum absolute atomic E-state index is 0.554. The van der Waals surface area contributed by atoms with Crippen molar-refractivity contribution in [1.82, 2.24) is 5.32 Å². The Hall–Kier alpha value is -0.570. The van der Waals surface area contributed by atoms with Crippen LogP contribution in [0.15, 0.2) is 4.99 Å². The molecule has 0 radical (unpaired) electrons. The number of rotatable bonds is 3. The molecule has 64 valence electrons. The van der Waals surface area contributed by atoms with Crippen molar-refractivity contribution in [2.24, 2.45) is 16.6 Å². The highest BCUT2D eigenvalue weighted by Gasteiger charge is 2.06. The molecule has 0 aliphatic carbocycles. The smallest absolute Gasteiger partial charge is 0.0963 e. The van der Waals surface area contributed by atoms with E-state index in [-0.39, 0.29) is 0 Å². The van der Waals surface area contributed by atoms with Crippen LogP contribution in [-0.2, 0) is 0 Å². The molecule has 0 spiro atoms. The summed E-state index contributed by atoms with van der Waals surface area (Å²) < 4.78 is 0. The molecule has 3 N–H and O–H groups in total. The minimum Gasteiger partial charge on any atom is -0.374 e. The van der Waals surface area contributed by atoms with E-state index in [1.807, 2.05) is 0 Å². The summed E-state index contributed by atoms with van der Waals surface area (Å²) in [7, 11) is 0. The molecule has 11 heavy (non-hydrogen) atoms. The normalized spacial score (nSPS) is 19.6. The number of nitrogens with one attached hydrogen (secondary N) is 1. The third-order valence-corrected chi connectivity index (χ3v) is 1.93. The first kappa shape index (κ1) is 8.53. The highest BCUT2D eigenvalue weighted by molar-refractivity contribution is 5.83. The first-order chi connectivity index (χ1) is 5.33. The topological polar surface area (TPSA) is 50.4 Å². The van der Waals surface area contributed by atoms with Gasteiger partial charge in [0.05, 0.1) is 5.84 Å². The zero-order valence-corrected chi connectivity index (χ0v) is 7.14. The lowest BCUT2D eigenvalue weighted by molar-refractivity contribution is 0.576. The Morgan fingerprint density at radius 1 is 1.73 bits per heavy atom. The van der Waals surface area contributed by atoms with Crippen molar-refractivity contribution in [2.45, 2.75) is 19.8 Å². The van der Waals surface area contributed by atoms with Gasteiger partial charge in [0, 0.05) is 19.5 Å². The minimum atomic E-state index is 0.554. The summed E-state index contributed by atoms with van der Waals surface area (Å²) in [6.45, 7) is 4.86. The van der Waals surface area contributed by atoms with Crippen molar-refractivity contribution in [2.75, 3.05) is 19.6 Å². The van der Waals surface area contributed by atoms with Crippen molar-refractivity contribution in [3.63, 3.8) is 0 Å². The Labute approximate surface area is 68.1 Å². The van der Waals surface area contributed by atoms with Crippen LogP contribution in [0.1, 0.15) is 19.8 Å². The summed E-state index contributed by atoms with van der Waals surface area (Å²) in [6.07, 6.45) is 2.33. The van der Waals surface area contributed by atoms with Gasteiger partial charge in [-0.25, -0.2) is 0 Å². The van der Waals surface area contributed by atoms with Crippen LogP contribution in [0.25, 0.3) is 0 Å². The molecule has 1 heterocycles. The van der Waals surface area contributed by atoms with Crippen LogP contribution in [0.4, 0.5) is 0 Å². The SMILES string of the molecule is CC(CN)CNC1=NCCC1. The third kappa shape index (κ3) is 2.89. The highest BCUT2D eigenvalue weighted by atomic mass is 15.0. The third-order valence-electron chi connectivity index (χ3n) is 1.93. The molecular formula is C8H17N3. The van der Waals surface area contributed by atoms with Gasteiger partial charge in [0.1, 0.15) is 0 Å². The Morgan fingerprint density at radius 2 is 2.55 bits per heavy atom. The summed E-state index contributed by atoms with van der Waals surface area (Å²) in [5, 5.41) is 3.30. The monoisotopic (exact) mass is 155 g/mol. The van der Waals surface area contributed by atoms with E-state index in [9.17, 15) is 0 Å². The molecule has 0 amide bonds. The van der Waals surface area contributed by atoms with Crippen molar-refractivity contribution in [1.29, 1.82) is 0 Å². The van der Waals surface area contributed by atoms with Gasteiger partial charge in [-0.2, -0.15) is 0 Å². The lowest BCUT2D eigenvalue weighted by Crippen LogP contribution is -2.30. The second-order valence-corrected chi connectivity index (χ2v) is 3.15. The summed E-state index contributed by atoms with van der Waals surface area (Å²) in [6, 6.07) is 0. The Kier molecular flexibility index (Phi) is 3.36. The van der Waals surface area contributed by atoms with Crippen molar-refractivity contribution in [3.8, 4) is 0 Å². The fourth-order valence-electron chi connectivity index (χ4n) is 1.06. The van der Waals surface area contributed by atoms with Gasteiger partial charge in [-0.1, -0.05) is 6.92 Å². The molecular weight excluding hydrogens is 138 g/mol. The zero-order valence-electron chi connectivity index (χ0n) is 7.14. The summed E-state index contributed by atoms with van der Waals surface area (Å²) in [4.78, 5) is 4.31. The summed E-state index contributed by atoms with van der Waals surface area (Å²) in [5.74, 6) is 1.73. The number of nitrogens with zero attached hydrogens (tertiary/aromatic N) is 1. The van der Waals surface area contributed by atoms with Gasteiger partial charge in [-0.3, -0.25) is 4.99 Å². The fourth-order valence-corrected chi connectivity index (χ4v) is 1.06. The van der Waals surface area contributed by atoms with Crippen LogP contribution in [0.2, 0.25) is 0 Å². The van der Waals surface area contributed by atoms with E-state index in [0.717, 1.165) is 26.1 Å². The molecule has 0 aromatic heterocycles. The van der Waals surface area contributed by atoms with Gasteiger partial charge in [0.2, 0.25) is 0 Å². The maximum Gasteiger partial charge on any atom is 0.0963 e. The Morgan fingerprint density at radius 3 is 3.09 bits per heavy atom. The van der Waals surface area contributed by atoms with Crippen molar-refractivity contribution >= 4 is 5.84 Å². The van der Waals surface area contributed by atoms with E-state index >= 15 is 0 Å². The second-order valence-electron chi connectivity index (χ2n) is 3.15. The lowest BCUT2D eigenvalue weighted by Gasteiger charge is -2.10. The molecule has 1 unspecified atom stereocenters. The molecule has 0 saturated heterocycles. The quantitative estimate of drug-likeness (QED) is 0.618. The van der Waals surface area contributed by atoms with Crippen LogP contribution in [0, 0.1) is 5.92 Å². The maximum atomic E-state index is 5.48. The fraction of sp³-hybridized carbons (Fsp3) is 0.875. The first-order valence-electron chi connectivity index (χ1n) is 4.30. The second kappa shape index (κ2) is 4.34. The average Bonchev–Trinajstić information content (AvgIpc) is 2.52. The molecule has 0 aromatic rings. The van der Waals surface area contributed by atoms with Crippen LogP contribution in [0.5, 0.6) is 0 Å². The van der Waals surface area contributed by atoms with Crippen LogP contribution in [-0.4, -0.2) is 25.5 Å².